The molecular weight excluding hydrogens is 200 g/mol. The van der Waals surface area contributed by atoms with Gasteiger partial charge in [-0.1, -0.05) is 11.6 Å². The van der Waals surface area contributed by atoms with E-state index in [-0.39, 0.29) is 0 Å². The van der Waals surface area contributed by atoms with E-state index in [2.05, 4.69) is 31.0 Å². The molecule has 1 aromatic heterocycles. The number of aryl methyl sites for hydroxylation is 2. The molecule has 0 unspecified atom stereocenters. The predicted molar refractivity (Wildman–Crippen MR) is 66.3 cm³/mol. The van der Waals surface area contributed by atoms with E-state index in [1.807, 2.05) is 6.07 Å². The van der Waals surface area contributed by atoms with Gasteiger partial charge in [-0.3, -0.25) is 0 Å². The number of benzene rings is 1. The summed E-state index contributed by atoms with van der Waals surface area (Å²) >= 11 is 0. The van der Waals surface area contributed by atoms with Crippen LogP contribution in [0.15, 0.2) is 18.2 Å². The Balaban J connectivity index is 2.71. The van der Waals surface area contributed by atoms with Gasteiger partial charge >= 0.3 is 0 Å². The third-order valence-corrected chi connectivity index (χ3v) is 2.63. The predicted octanol–water partition coefficient (Wildman–Crippen LogP) is 2.58. The second-order valence-corrected chi connectivity index (χ2v) is 4.11. The molecule has 2 N–H and O–H groups in total. The first kappa shape index (κ1) is 10.9. The smallest absolute Gasteiger partial charge is 0.0885 e. The lowest BCUT2D eigenvalue weighted by Crippen LogP contribution is -1.98. The van der Waals surface area contributed by atoms with Crippen LogP contribution in [0.5, 0.6) is 0 Å². The molecular formula is C13H16N2O. The molecule has 16 heavy (non-hydrogen) atoms. The quantitative estimate of drug-likeness (QED) is 0.839. The molecule has 0 aliphatic carbocycles. The van der Waals surface area contributed by atoms with Gasteiger partial charge in [0.2, 0.25) is 0 Å². The van der Waals surface area contributed by atoms with Crippen LogP contribution in [0.4, 0.5) is 5.69 Å². The van der Waals surface area contributed by atoms with Crippen molar-refractivity contribution in [3.63, 3.8) is 0 Å². The highest BCUT2D eigenvalue weighted by atomic mass is 16.5. The number of pyridine rings is 1. The molecule has 0 saturated heterocycles. The molecule has 1 aromatic carbocycles. The second-order valence-electron chi connectivity index (χ2n) is 4.11. The lowest BCUT2D eigenvalue weighted by Gasteiger charge is -2.09. The van der Waals surface area contributed by atoms with E-state index < -0.39 is 0 Å². The third kappa shape index (κ3) is 1.86. The molecule has 0 aliphatic heterocycles. The van der Waals surface area contributed by atoms with E-state index in [9.17, 15) is 0 Å². The fraction of sp³-hybridized carbons (Fsp3) is 0.308. The summed E-state index contributed by atoms with van der Waals surface area (Å²) in [5.41, 5.74) is 11.0. The molecule has 0 radical (unpaired) electrons. The topological polar surface area (TPSA) is 48.1 Å². The number of rotatable bonds is 2. The minimum absolute atomic E-state index is 0.494. The standard InChI is InChI=1S/C13H16N2O/c1-8-4-9(2)13-11(5-8)12(14)6-10(15-13)7-16-3/h4-6H,7H2,1-3H3,(H2,14,15). The van der Waals surface area contributed by atoms with Gasteiger partial charge in [0.25, 0.3) is 0 Å². The SMILES string of the molecule is COCc1cc(N)c2cc(C)cc(C)c2n1. The molecule has 0 aliphatic rings. The van der Waals surface area contributed by atoms with Gasteiger partial charge in [0.05, 0.1) is 17.8 Å². The van der Waals surface area contributed by atoms with Crippen molar-refractivity contribution in [2.24, 2.45) is 0 Å². The molecule has 0 fully saturated rings. The van der Waals surface area contributed by atoms with E-state index in [1.165, 1.54) is 5.56 Å². The zero-order valence-corrected chi connectivity index (χ0v) is 9.87. The van der Waals surface area contributed by atoms with Gasteiger partial charge in [-0.15, -0.1) is 0 Å². The molecule has 0 atom stereocenters. The average molecular weight is 216 g/mol. The Bertz CT molecular complexity index is 535. The summed E-state index contributed by atoms with van der Waals surface area (Å²) < 4.78 is 5.08. The number of anilines is 1. The van der Waals surface area contributed by atoms with Crippen LogP contribution in [-0.4, -0.2) is 12.1 Å². The zero-order chi connectivity index (χ0) is 11.7. The van der Waals surface area contributed by atoms with Crippen molar-refractivity contribution in [2.75, 3.05) is 12.8 Å². The number of methoxy groups -OCH3 is 1. The summed E-state index contributed by atoms with van der Waals surface area (Å²) in [6.07, 6.45) is 0. The fourth-order valence-corrected chi connectivity index (χ4v) is 1.98. The normalized spacial score (nSPS) is 10.9. The van der Waals surface area contributed by atoms with E-state index in [4.69, 9.17) is 10.5 Å². The van der Waals surface area contributed by atoms with E-state index in [0.29, 0.717) is 6.61 Å². The molecule has 0 bridgehead atoms. The Hall–Kier alpha value is -1.61. The third-order valence-electron chi connectivity index (χ3n) is 2.63. The van der Waals surface area contributed by atoms with E-state index >= 15 is 0 Å². The Kier molecular flexibility index (Phi) is 2.79. The minimum atomic E-state index is 0.494. The van der Waals surface area contributed by atoms with Gasteiger partial charge < -0.3 is 10.5 Å². The van der Waals surface area contributed by atoms with Gasteiger partial charge in [-0.25, -0.2) is 4.98 Å². The van der Waals surface area contributed by atoms with Crippen molar-refractivity contribution in [3.8, 4) is 0 Å². The van der Waals surface area contributed by atoms with Crippen molar-refractivity contribution in [3.05, 3.63) is 35.0 Å². The maximum atomic E-state index is 6.03. The van der Waals surface area contributed by atoms with E-state index in [1.54, 1.807) is 7.11 Å². The maximum Gasteiger partial charge on any atom is 0.0885 e. The highest BCUT2D eigenvalue weighted by Crippen LogP contribution is 2.25. The van der Waals surface area contributed by atoms with Crippen molar-refractivity contribution >= 4 is 16.6 Å². The monoisotopic (exact) mass is 216 g/mol. The van der Waals surface area contributed by atoms with Gasteiger partial charge in [0, 0.05) is 18.2 Å². The molecule has 1 heterocycles. The van der Waals surface area contributed by atoms with Crippen molar-refractivity contribution in [1.82, 2.24) is 4.98 Å². The molecule has 3 heteroatoms. The zero-order valence-electron chi connectivity index (χ0n) is 9.87. The summed E-state index contributed by atoms with van der Waals surface area (Å²) in [6, 6.07) is 6.07. The molecule has 0 spiro atoms. The average Bonchev–Trinajstić information content (AvgIpc) is 2.20. The largest absolute Gasteiger partial charge is 0.398 e. The van der Waals surface area contributed by atoms with Crippen LogP contribution in [-0.2, 0) is 11.3 Å². The number of nitrogen functional groups attached to an aromatic ring is 1. The van der Waals surface area contributed by atoms with Gasteiger partial charge in [-0.2, -0.15) is 0 Å². The first-order valence-electron chi connectivity index (χ1n) is 5.27. The number of fused-ring (bicyclic) bond motifs is 1. The van der Waals surface area contributed by atoms with Crippen LogP contribution >= 0.6 is 0 Å². The highest BCUT2D eigenvalue weighted by Gasteiger charge is 2.06. The second kappa shape index (κ2) is 4.10. The van der Waals surface area contributed by atoms with Gasteiger partial charge in [0.15, 0.2) is 0 Å². The maximum absolute atomic E-state index is 6.03. The van der Waals surface area contributed by atoms with Gasteiger partial charge in [-0.05, 0) is 31.5 Å². The lowest BCUT2D eigenvalue weighted by atomic mass is 10.1. The Morgan fingerprint density at radius 1 is 1.25 bits per heavy atom. The fourth-order valence-electron chi connectivity index (χ4n) is 1.98. The highest BCUT2D eigenvalue weighted by molar-refractivity contribution is 5.92. The van der Waals surface area contributed by atoms with Crippen LogP contribution in [0, 0.1) is 13.8 Å². The number of nitrogens with zero attached hydrogens (tertiary/aromatic N) is 1. The molecule has 2 rings (SSSR count). The Labute approximate surface area is 95.2 Å². The molecule has 0 amide bonds. The molecule has 2 aromatic rings. The van der Waals surface area contributed by atoms with Crippen molar-refractivity contribution in [2.45, 2.75) is 20.5 Å². The summed E-state index contributed by atoms with van der Waals surface area (Å²) in [5, 5.41) is 1.03. The van der Waals surface area contributed by atoms with Crippen LogP contribution in [0.1, 0.15) is 16.8 Å². The summed E-state index contributed by atoms with van der Waals surface area (Å²) in [6.45, 7) is 4.61. The summed E-state index contributed by atoms with van der Waals surface area (Å²) in [4.78, 5) is 4.56. The van der Waals surface area contributed by atoms with Gasteiger partial charge in [0.1, 0.15) is 0 Å². The van der Waals surface area contributed by atoms with Crippen LogP contribution in [0.3, 0.4) is 0 Å². The summed E-state index contributed by atoms with van der Waals surface area (Å²) in [7, 11) is 1.66. The lowest BCUT2D eigenvalue weighted by molar-refractivity contribution is 0.182. The molecule has 0 saturated carbocycles. The first-order valence-corrected chi connectivity index (χ1v) is 5.27. The van der Waals surface area contributed by atoms with E-state index in [0.717, 1.165) is 27.8 Å². The Morgan fingerprint density at radius 3 is 2.69 bits per heavy atom. The number of nitrogens with two attached hydrogens (primary N) is 1. The number of aromatic nitrogens is 1. The number of hydrogen-bond acceptors (Lipinski definition) is 3. The van der Waals surface area contributed by atoms with Crippen LogP contribution < -0.4 is 5.73 Å². The van der Waals surface area contributed by atoms with Crippen LogP contribution in [0.2, 0.25) is 0 Å². The Morgan fingerprint density at radius 2 is 2.00 bits per heavy atom. The molecule has 84 valence electrons. The summed E-state index contributed by atoms with van der Waals surface area (Å²) in [5.74, 6) is 0. The van der Waals surface area contributed by atoms with Crippen LogP contribution in [0.25, 0.3) is 10.9 Å². The molecule has 3 nitrogen and oxygen atoms in total. The van der Waals surface area contributed by atoms with Crippen molar-refractivity contribution in [1.29, 1.82) is 0 Å². The van der Waals surface area contributed by atoms with Crippen molar-refractivity contribution < 1.29 is 4.74 Å². The number of hydrogen-bond donors (Lipinski definition) is 1. The first-order chi connectivity index (χ1) is 7.61. The minimum Gasteiger partial charge on any atom is -0.398 e. The number of ether oxygens (including phenoxy) is 1.